The monoisotopic (exact) mass is 711 g/mol. The van der Waals surface area contributed by atoms with Gasteiger partial charge in [-0.15, -0.1) is 0 Å². The van der Waals surface area contributed by atoms with E-state index in [4.69, 9.17) is 0 Å². The zero-order chi connectivity index (χ0) is 38.6. The van der Waals surface area contributed by atoms with Gasteiger partial charge in [0.2, 0.25) is 29.4 Å². The number of hydrogen-bond donors (Lipinski definition) is 5. The molecule has 282 valence electrons. The number of urea groups is 1. The van der Waals surface area contributed by atoms with Gasteiger partial charge in [-0.25, -0.2) is 4.79 Å². The van der Waals surface area contributed by atoms with Crippen LogP contribution < -0.4 is 26.6 Å². The molecule has 1 aromatic rings. The summed E-state index contributed by atoms with van der Waals surface area (Å²) in [6, 6.07) is 4.06. The first-order valence-electron chi connectivity index (χ1n) is 17.6. The second kappa shape index (κ2) is 15.8. The number of carbonyl (C=O) groups excluding carboxylic acids is 7. The smallest absolute Gasteiger partial charge is 0.315 e. The fraction of sp³-hybridized carbons (Fsp3) is 0.649. The quantitative estimate of drug-likeness (QED) is 0.194. The highest BCUT2D eigenvalue weighted by molar-refractivity contribution is 6.38. The van der Waals surface area contributed by atoms with Gasteiger partial charge < -0.3 is 36.4 Å². The van der Waals surface area contributed by atoms with Gasteiger partial charge in [0.05, 0.1) is 12.6 Å². The van der Waals surface area contributed by atoms with E-state index in [2.05, 4.69) is 26.6 Å². The summed E-state index contributed by atoms with van der Waals surface area (Å²) in [6.07, 6.45) is 0.606. The number of hydrogen-bond acceptors (Lipinski definition) is 7. The van der Waals surface area contributed by atoms with Crippen LogP contribution >= 0.6 is 0 Å². The Balaban J connectivity index is 1.73. The number of benzene rings is 1. The molecule has 1 saturated carbocycles. The summed E-state index contributed by atoms with van der Waals surface area (Å²) in [5.41, 5.74) is -0.907. The maximum Gasteiger partial charge on any atom is 0.315 e. The second-order valence-electron chi connectivity index (χ2n) is 16.6. The highest BCUT2D eigenvalue weighted by Crippen LogP contribution is 2.65. The topological polar surface area (TPSA) is 186 Å². The predicted molar refractivity (Wildman–Crippen MR) is 192 cm³/mol. The van der Waals surface area contributed by atoms with Gasteiger partial charge in [0.15, 0.2) is 0 Å². The van der Waals surface area contributed by atoms with Crippen molar-refractivity contribution in [1.82, 2.24) is 36.4 Å². The first kappa shape index (κ1) is 40.9. The number of fused-ring (bicyclic) bond motifs is 1. The third-order valence-electron chi connectivity index (χ3n) is 9.61. The molecule has 2 aliphatic rings. The number of rotatable bonds is 13. The lowest BCUT2D eigenvalue weighted by Gasteiger charge is -2.38. The molecule has 3 rings (SSSR count). The molecule has 2 fully saturated rings. The molecule has 1 aromatic carbocycles. The van der Waals surface area contributed by atoms with Crippen molar-refractivity contribution in [2.24, 2.45) is 22.7 Å². The van der Waals surface area contributed by atoms with E-state index in [-0.39, 0.29) is 29.6 Å². The van der Waals surface area contributed by atoms with Crippen molar-refractivity contribution < 1.29 is 33.6 Å². The third kappa shape index (κ3) is 10.1. The summed E-state index contributed by atoms with van der Waals surface area (Å²) in [5, 5.41) is 13.3. The predicted octanol–water partition coefficient (Wildman–Crippen LogP) is 1.90. The van der Waals surface area contributed by atoms with Gasteiger partial charge in [0.25, 0.3) is 5.91 Å². The summed E-state index contributed by atoms with van der Waals surface area (Å²) in [7, 11) is 3.12. The molecule has 14 heteroatoms. The second-order valence-corrected chi connectivity index (χ2v) is 16.6. The number of piperidine rings is 1. The number of amides is 7. The lowest BCUT2D eigenvalue weighted by Crippen LogP contribution is -2.62. The molecule has 1 heterocycles. The average Bonchev–Trinajstić information content (AvgIpc) is 3.33. The number of nitrogens with zero attached hydrogens (tertiary/aromatic N) is 2. The van der Waals surface area contributed by atoms with E-state index in [9.17, 15) is 33.6 Å². The van der Waals surface area contributed by atoms with Crippen LogP contribution in [0.2, 0.25) is 0 Å². The van der Waals surface area contributed by atoms with E-state index in [1.807, 2.05) is 55.4 Å². The van der Waals surface area contributed by atoms with Gasteiger partial charge in [-0.2, -0.15) is 0 Å². The molecule has 0 radical (unpaired) electrons. The SMILES string of the molecule is CCCC(NC(=O)C1C2C(CN1C(=O)C(NC(=O)NC(C)(C)C)C(C)(C)C)C2(C)C)C(=O)C(=O)NCC(=O)NC(C(=O)N(C)C)c1ccccc1. The molecule has 5 N–H and O–H groups in total. The number of nitrogens with one attached hydrogen (secondary N) is 5. The van der Waals surface area contributed by atoms with Crippen LogP contribution in [0.15, 0.2) is 30.3 Å². The highest BCUT2D eigenvalue weighted by Gasteiger charge is 2.70. The van der Waals surface area contributed by atoms with Crippen LogP contribution in [0.3, 0.4) is 0 Å². The van der Waals surface area contributed by atoms with Crippen molar-refractivity contribution in [3.05, 3.63) is 35.9 Å². The number of likely N-dealkylation sites (N-methyl/N-ethyl adjacent to an activating group) is 1. The van der Waals surface area contributed by atoms with Crippen LogP contribution in [0, 0.1) is 22.7 Å². The molecular formula is C37H57N7O7. The van der Waals surface area contributed by atoms with Crippen LogP contribution in [0.4, 0.5) is 4.79 Å². The molecule has 1 saturated heterocycles. The highest BCUT2D eigenvalue weighted by atomic mass is 16.2. The Labute approximate surface area is 301 Å². The molecule has 6 atom stereocenters. The van der Waals surface area contributed by atoms with Crippen LogP contribution in [-0.4, -0.2) is 102 Å². The fourth-order valence-corrected chi connectivity index (χ4v) is 6.76. The number of likely N-dealkylation sites (tertiary alicyclic amines) is 1. The molecule has 7 amide bonds. The van der Waals surface area contributed by atoms with Crippen molar-refractivity contribution in [3.8, 4) is 0 Å². The zero-order valence-corrected chi connectivity index (χ0v) is 31.9. The first-order chi connectivity index (χ1) is 23.5. The van der Waals surface area contributed by atoms with Gasteiger partial charge in [-0.3, -0.25) is 28.8 Å². The van der Waals surface area contributed by atoms with Gasteiger partial charge in [-0.05, 0) is 55.4 Å². The summed E-state index contributed by atoms with van der Waals surface area (Å²) in [6.45, 7) is 16.6. The Bertz CT molecular complexity index is 1500. The summed E-state index contributed by atoms with van der Waals surface area (Å²) in [4.78, 5) is 95.9. The minimum Gasteiger partial charge on any atom is -0.347 e. The maximum absolute atomic E-state index is 14.1. The van der Waals surface area contributed by atoms with Crippen molar-refractivity contribution in [2.75, 3.05) is 27.2 Å². The molecule has 1 aliphatic carbocycles. The molecule has 1 aliphatic heterocycles. The molecule has 0 aromatic heterocycles. The Hall–Kier alpha value is -4.49. The van der Waals surface area contributed by atoms with E-state index in [1.165, 1.54) is 9.80 Å². The normalized spacial score (nSPS) is 20.8. The van der Waals surface area contributed by atoms with Crippen LogP contribution in [0.1, 0.15) is 86.8 Å². The van der Waals surface area contributed by atoms with Gasteiger partial charge in [-0.1, -0.05) is 78.3 Å². The van der Waals surface area contributed by atoms with Crippen LogP contribution in [0.25, 0.3) is 0 Å². The Morgan fingerprint density at radius 2 is 1.53 bits per heavy atom. The van der Waals surface area contributed by atoms with E-state index < -0.39 is 77.1 Å². The number of carbonyl (C=O) groups is 7. The van der Waals surface area contributed by atoms with E-state index >= 15 is 0 Å². The minimum absolute atomic E-state index is 0.0439. The molecule has 6 unspecified atom stereocenters. The first-order valence-corrected chi connectivity index (χ1v) is 17.6. The van der Waals surface area contributed by atoms with Gasteiger partial charge in [0, 0.05) is 26.2 Å². The van der Waals surface area contributed by atoms with Crippen LogP contribution in [-0.2, 0) is 28.8 Å². The Kier molecular flexibility index (Phi) is 12.7. The maximum atomic E-state index is 14.1. The van der Waals surface area contributed by atoms with Crippen molar-refractivity contribution >= 4 is 41.4 Å². The van der Waals surface area contributed by atoms with E-state index in [0.29, 0.717) is 18.5 Å². The molecular weight excluding hydrogens is 654 g/mol. The molecule has 51 heavy (non-hydrogen) atoms. The fourth-order valence-electron chi connectivity index (χ4n) is 6.76. The molecule has 14 nitrogen and oxygen atoms in total. The Morgan fingerprint density at radius 1 is 0.922 bits per heavy atom. The third-order valence-corrected chi connectivity index (χ3v) is 9.61. The standard InChI is InChI=1S/C37H57N7O7/c1-12-16-23(28(46)31(48)38-19-24(45)40-26(32(49)43(10)11)21-17-14-13-15-18-21)39-30(47)27-25-22(37(25,8)9)20-44(27)33(50)29(35(2,3)4)41-34(51)42-36(5,6)7/h13-15,17-18,22-23,25-27,29H,12,16,19-20H2,1-11H3,(H,38,48)(H,39,47)(H,40,45)(H2,41,42,51). The van der Waals surface area contributed by atoms with Gasteiger partial charge >= 0.3 is 6.03 Å². The summed E-state index contributed by atoms with van der Waals surface area (Å²) >= 11 is 0. The number of ketones is 1. The van der Waals surface area contributed by atoms with E-state index in [0.717, 1.165) is 0 Å². The largest absolute Gasteiger partial charge is 0.347 e. The summed E-state index contributed by atoms with van der Waals surface area (Å²) < 4.78 is 0. The lowest BCUT2D eigenvalue weighted by molar-refractivity contribution is -0.145. The molecule has 0 bridgehead atoms. The van der Waals surface area contributed by atoms with Crippen molar-refractivity contribution in [1.29, 1.82) is 0 Å². The molecule has 0 spiro atoms. The van der Waals surface area contributed by atoms with E-state index in [1.54, 1.807) is 51.4 Å². The van der Waals surface area contributed by atoms with Gasteiger partial charge in [0.1, 0.15) is 18.1 Å². The summed E-state index contributed by atoms with van der Waals surface area (Å²) in [5.74, 6) is -4.15. The minimum atomic E-state index is -1.20. The van der Waals surface area contributed by atoms with Crippen molar-refractivity contribution in [3.63, 3.8) is 0 Å². The number of Topliss-reactive ketones (excluding diaryl/α,β-unsaturated/α-hetero) is 1. The zero-order valence-electron chi connectivity index (χ0n) is 31.9. The van der Waals surface area contributed by atoms with Crippen LogP contribution in [0.5, 0.6) is 0 Å². The van der Waals surface area contributed by atoms with Crippen molar-refractivity contribution in [2.45, 2.75) is 105 Å². The Morgan fingerprint density at radius 3 is 2.06 bits per heavy atom. The average molecular weight is 712 g/mol. The lowest BCUT2D eigenvalue weighted by atomic mass is 9.85.